The third-order valence-electron chi connectivity index (χ3n) is 5.09. The average molecular weight is 420 g/mol. The lowest BCUT2D eigenvalue weighted by Gasteiger charge is -2.19. The van der Waals surface area contributed by atoms with Crippen molar-refractivity contribution in [3.63, 3.8) is 0 Å². The number of hydrogen-bond acceptors (Lipinski definition) is 6. The summed E-state index contributed by atoms with van der Waals surface area (Å²) < 4.78 is 33.2. The predicted octanol–water partition coefficient (Wildman–Crippen LogP) is 5.29. The van der Waals surface area contributed by atoms with E-state index in [1.165, 1.54) is 0 Å². The summed E-state index contributed by atoms with van der Waals surface area (Å²) in [5.41, 5.74) is 3.72. The number of methoxy groups -OCH3 is 4. The number of rotatable bonds is 7. The number of benzene rings is 3. The van der Waals surface area contributed by atoms with E-state index in [4.69, 9.17) is 28.4 Å². The lowest BCUT2D eigenvalue weighted by Crippen LogP contribution is -1.99. The summed E-state index contributed by atoms with van der Waals surface area (Å²) in [5.74, 6) is 3.91. The van der Waals surface area contributed by atoms with Gasteiger partial charge in [-0.3, -0.25) is 0 Å². The van der Waals surface area contributed by atoms with Crippen LogP contribution in [0.2, 0.25) is 0 Å². The summed E-state index contributed by atoms with van der Waals surface area (Å²) in [6, 6.07) is 15.6. The summed E-state index contributed by atoms with van der Waals surface area (Å²) in [5, 5.41) is 0. The van der Waals surface area contributed by atoms with E-state index in [0.717, 1.165) is 33.8 Å². The first-order valence-electron chi connectivity index (χ1n) is 9.73. The standard InChI is InChI=1S/C25H24O6/c1-26-19-10-6-16(7-11-19)5-8-17-14-22(27-2)24(28-3)25(29-4)23(17)18-9-12-20-21(13-18)31-15-30-20/h5-14H,15H2,1-4H3/b8-5+. The Morgan fingerprint density at radius 1 is 0.710 bits per heavy atom. The van der Waals surface area contributed by atoms with Crippen molar-refractivity contribution in [2.24, 2.45) is 0 Å². The van der Waals surface area contributed by atoms with E-state index in [9.17, 15) is 0 Å². The quantitative estimate of drug-likeness (QED) is 0.484. The molecule has 0 radical (unpaired) electrons. The molecule has 6 nitrogen and oxygen atoms in total. The molecular formula is C25H24O6. The van der Waals surface area contributed by atoms with Crippen molar-refractivity contribution < 1.29 is 28.4 Å². The van der Waals surface area contributed by atoms with E-state index in [0.29, 0.717) is 23.0 Å². The first-order chi connectivity index (χ1) is 15.2. The molecule has 0 saturated heterocycles. The monoisotopic (exact) mass is 420 g/mol. The van der Waals surface area contributed by atoms with Crippen LogP contribution >= 0.6 is 0 Å². The molecule has 0 saturated carbocycles. The lowest BCUT2D eigenvalue weighted by molar-refractivity contribution is 0.174. The smallest absolute Gasteiger partial charge is 0.231 e. The van der Waals surface area contributed by atoms with Crippen LogP contribution in [0.5, 0.6) is 34.5 Å². The third-order valence-corrected chi connectivity index (χ3v) is 5.09. The van der Waals surface area contributed by atoms with Gasteiger partial charge in [0.15, 0.2) is 23.0 Å². The molecule has 4 rings (SSSR count). The molecule has 3 aromatic rings. The summed E-state index contributed by atoms with van der Waals surface area (Å²) in [4.78, 5) is 0. The van der Waals surface area contributed by atoms with Gasteiger partial charge in [0.25, 0.3) is 0 Å². The molecule has 31 heavy (non-hydrogen) atoms. The van der Waals surface area contributed by atoms with Crippen LogP contribution < -0.4 is 28.4 Å². The van der Waals surface area contributed by atoms with E-state index >= 15 is 0 Å². The second-order valence-corrected chi connectivity index (χ2v) is 6.78. The SMILES string of the molecule is COc1ccc(/C=C/c2cc(OC)c(OC)c(OC)c2-c2ccc3c(c2)OCO3)cc1. The summed E-state index contributed by atoms with van der Waals surface area (Å²) >= 11 is 0. The van der Waals surface area contributed by atoms with Gasteiger partial charge in [0.1, 0.15) is 5.75 Å². The van der Waals surface area contributed by atoms with Crippen molar-refractivity contribution in [2.45, 2.75) is 0 Å². The minimum atomic E-state index is 0.214. The van der Waals surface area contributed by atoms with E-state index in [2.05, 4.69) is 0 Å². The molecule has 6 heteroatoms. The van der Waals surface area contributed by atoms with Crippen LogP contribution in [-0.4, -0.2) is 35.2 Å². The van der Waals surface area contributed by atoms with E-state index in [-0.39, 0.29) is 6.79 Å². The summed E-state index contributed by atoms with van der Waals surface area (Å²) in [6.45, 7) is 0.214. The zero-order valence-corrected chi connectivity index (χ0v) is 17.9. The highest BCUT2D eigenvalue weighted by Crippen LogP contribution is 2.49. The van der Waals surface area contributed by atoms with Gasteiger partial charge in [-0.05, 0) is 47.0 Å². The normalized spacial score (nSPS) is 12.1. The van der Waals surface area contributed by atoms with Crippen molar-refractivity contribution in [3.05, 3.63) is 59.7 Å². The van der Waals surface area contributed by atoms with Gasteiger partial charge in [-0.15, -0.1) is 0 Å². The second-order valence-electron chi connectivity index (χ2n) is 6.78. The molecule has 0 amide bonds. The van der Waals surface area contributed by atoms with Crippen LogP contribution in [0.3, 0.4) is 0 Å². The number of fused-ring (bicyclic) bond motifs is 1. The van der Waals surface area contributed by atoms with Gasteiger partial charge in [-0.25, -0.2) is 0 Å². The fourth-order valence-electron chi connectivity index (χ4n) is 3.56. The van der Waals surface area contributed by atoms with Crippen molar-refractivity contribution in [1.29, 1.82) is 0 Å². The maximum atomic E-state index is 5.78. The molecular weight excluding hydrogens is 396 g/mol. The van der Waals surface area contributed by atoms with Crippen molar-refractivity contribution >= 4 is 12.2 Å². The first-order valence-corrected chi connectivity index (χ1v) is 9.73. The largest absolute Gasteiger partial charge is 0.497 e. The van der Waals surface area contributed by atoms with E-state index < -0.39 is 0 Å². The van der Waals surface area contributed by atoms with Crippen LogP contribution in [0.4, 0.5) is 0 Å². The predicted molar refractivity (Wildman–Crippen MR) is 120 cm³/mol. The van der Waals surface area contributed by atoms with Gasteiger partial charge in [0, 0.05) is 5.56 Å². The molecule has 0 fully saturated rings. The highest BCUT2D eigenvalue weighted by Gasteiger charge is 2.23. The molecule has 0 spiro atoms. The lowest BCUT2D eigenvalue weighted by atomic mass is 9.96. The molecule has 1 aliphatic rings. The molecule has 3 aromatic carbocycles. The summed E-state index contributed by atoms with van der Waals surface area (Å²) in [7, 11) is 6.47. The fourth-order valence-corrected chi connectivity index (χ4v) is 3.56. The number of ether oxygens (including phenoxy) is 6. The van der Waals surface area contributed by atoms with Crippen molar-refractivity contribution in [2.75, 3.05) is 35.2 Å². The zero-order chi connectivity index (χ0) is 21.8. The minimum Gasteiger partial charge on any atom is -0.497 e. The van der Waals surface area contributed by atoms with Crippen LogP contribution in [-0.2, 0) is 0 Å². The van der Waals surface area contributed by atoms with Crippen LogP contribution in [0.1, 0.15) is 11.1 Å². The molecule has 160 valence electrons. The van der Waals surface area contributed by atoms with Crippen LogP contribution in [0, 0.1) is 0 Å². The average Bonchev–Trinajstić information content (AvgIpc) is 3.29. The Balaban J connectivity index is 1.87. The Labute approximate surface area is 181 Å². The zero-order valence-electron chi connectivity index (χ0n) is 17.9. The molecule has 1 aliphatic heterocycles. The molecule has 0 unspecified atom stereocenters. The fraction of sp³-hybridized carbons (Fsp3) is 0.200. The Morgan fingerprint density at radius 2 is 1.45 bits per heavy atom. The molecule has 0 aliphatic carbocycles. The first kappa shape index (κ1) is 20.5. The molecule has 1 heterocycles. The van der Waals surface area contributed by atoms with E-state index in [1.807, 2.05) is 60.7 Å². The van der Waals surface area contributed by atoms with Gasteiger partial charge >= 0.3 is 0 Å². The summed E-state index contributed by atoms with van der Waals surface area (Å²) in [6.07, 6.45) is 4.04. The van der Waals surface area contributed by atoms with Gasteiger partial charge in [-0.1, -0.05) is 30.4 Å². The Bertz CT molecular complexity index is 1100. The molecule has 0 N–H and O–H groups in total. The maximum absolute atomic E-state index is 5.78. The van der Waals surface area contributed by atoms with E-state index in [1.54, 1.807) is 28.4 Å². The Morgan fingerprint density at radius 3 is 2.13 bits per heavy atom. The molecule has 0 bridgehead atoms. The Kier molecular flexibility index (Phi) is 5.89. The van der Waals surface area contributed by atoms with Gasteiger partial charge in [0.05, 0.1) is 28.4 Å². The highest BCUT2D eigenvalue weighted by atomic mass is 16.7. The molecule has 0 atom stereocenters. The topological polar surface area (TPSA) is 55.4 Å². The maximum Gasteiger partial charge on any atom is 0.231 e. The van der Waals surface area contributed by atoms with Gasteiger partial charge < -0.3 is 28.4 Å². The molecule has 0 aromatic heterocycles. The second kappa shape index (κ2) is 8.92. The number of hydrogen-bond donors (Lipinski definition) is 0. The highest BCUT2D eigenvalue weighted by molar-refractivity contribution is 5.88. The minimum absolute atomic E-state index is 0.214. The Hall–Kier alpha value is -3.80. The van der Waals surface area contributed by atoms with Crippen LogP contribution in [0.15, 0.2) is 48.5 Å². The third kappa shape index (κ3) is 3.97. The van der Waals surface area contributed by atoms with Gasteiger partial charge in [0.2, 0.25) is 12.5 Å². The van der Waals surface area contributed by atoms with Gasteiger partial charge in [-0.2, -0.15) is 0 Å². The van der Waals surface area contributed by atoms with Crippen LogP contribution in [0.25, 0.3) is 23.3 Å². The van der Waals surface area contributed by atoms with Crippen molar-refractivity contribution in [1.82, 2.24) is 0 Å². The van der Waals surface area contributed by atoms with Crippen molar-refractivity contribution in [3.8, 4) is 45.6 Å².